The summed E-state index contributed by atoms with van der Waals surface area (Å²) in [6, 6.07) is 1.59. The van der Waals surface area contributed by atoms with Gasteiger partial charge in [0, 0.05) is 6.20 Å². The maximum atomic E-state index is 8.61. The van der Waals surface area contributed by atoms with Gasteiger partial charge in [0.25, 0.3) is 0 Å². The molecule has 0 aliphatic heterocycles. The highest BCUT2D eigenvalue weighted by Crippen LogP contribution is 2.15. The molecule has 0 spiro atoms. The molecular formula is C6H7ClN2O. The Morgan fingerprint density at radius 2 is 2.40 bits per heavy atom. The molecule has 10 heavy (non-hydrogen) atoms. The maximum absolute atomic E-state index is 8.61. The van der Waals surface area contributed by atoms with Crippen LogP contribution < -0.4 is 5.73 Å². The molecule has 0 aliphatic rings. The van der Waals surface area contributed by atoms with Gasteiger partial charge in [0.05, 0.1) is 12.3 Å². The number of nitrogens with zero attached hydrogens (tertiary/aromatic N) is 1. The van der Waals surface area contributed by atoms with Gasteiger partial charge >= 0.3 is 0 Å². The van der Waals surface area contributed by atoms with Crippen LogP contribution in [0.1, 0.15) is 5.56 Å². The minimum atomic E-state index is -0.0611. The first-order chi connectivity index (χ1) is 4.74. The van der Waals surface area contributed by atoms with Crippen molar-refractivity contribution in [3.63, 3.8) is 0 Å². The molecule has 0 aromatic carbocycles. The lowest BCUT2D eigenvalue weighted by Gasteiger charge is -1.98. The summed E-state index contributed by atoms with van der Waals surface area (Å²) < 4.78 is 0. The number of aliphatic hydroxyl groups excluding tert-OH is 1. The molecule has 0 aliphatic carbocycles. The summed E-state index contributed by atoms with van der Waals surface area (Å²) in [6.45, 7) is -0.0611. The largest absolute Gasteiger partial charge is 0.396 e. The van der Waals surface area contributed by atoms with Gasteiger partial charge in [-0.05, 0) is 11.6 Å². The second kappa shape index (κ2) is 2.86. The number of aliphatic hydroxyl groups is 1. The Kier molecular flexibility index (Phi) is 2.09. The Bertz CT molecular complexity index is 239. The van der Waals surface area contributed by atoms with Crippen molar-refractivity contribution in [2.75, 3.05) is 5.73 Å². The fraction of sp³-hybridized carbons (Fsp3) is 0.167. The number of hydrogen-bond acceptors (Lipinski definition) is 3. The van der Waals surface area contributed by atoms with Crippen molar-refractivity contribution in [1.82, 2.24) is 4.98 Å². The third kappa shape index (κ3) is 1.37. The first-order valence-corrected chi connectivity index (χ1v) is 3.12. The normalized spacial score (nSPS) is 9.80. The Morgan fingerprint density at radius 3 is 2.90 bits per heavy atom. The third-order valence-electron chi connectivity index (χ3n) is 1.11. The molecular weight excluding hydrogens is 152 g/mol. The van der Waals surface area contributed by atoms with E-state index in [1.54, 1.807) is 6.07 Å². The lowest BCUT2D eigenvalue weighted by Crippen LogP contribution is -1.92. The molecule has 1 aromatic rings. The van der Waals surface area contributed by atoms with Crippen LogP contribution in [0.3, 0.4) is 0 Å². The van der Waals surface area contributed by atoms with Crippen molar-refractivity contribution < 1.29 is 5.11 Å². The van der Waals surface area contributed by atoms with Crippen LogP contribution in [0, 0.1) is 0 Å². The first kappa shape index (κ1) is 7.31. The summed E-state index contributed by atoms with van der Waals surface area (Å²) in [7, 11) is 0. The van der Waals surface area contributed by atoms with Crippen LogP contribution in [0.4, 0.5) is 5.69 Å². The molecule has 3 N–H and O–H groups in total. The summed E-state index contributed by atoms with van der Waals surface area (Å²) in [5, 5.41) is 8.89. The smallest absolute Gasteiger partial charge is 0.151 e. The molecule has 1 aromatic heterocycles. The van der Waals surface area contributed by atoms with Crippen LogP contribution >= 0.6 is 11.6 Å². The molecule has 0 amide bonds. The molecule has 1 heterocycles. The fourth-order valence-electron chi connectivity index (χ4n) is 0.597. The summed E-state index contributed by atoms with van der Waals surface area (Å²) >= 11 is 5.52. The van der Waals surface area contributed by atoms with Crippen molar-refractivity contribution in [2.24, 2.45) is 0 Å². The molecule has 0 saturated heterocycles. The Hall–Kier alpha value is -0.800. The molecule has 3 nitrogen and oxygen atoms in total. The first-order valence-electron chi connectivity index (χ1n) is 2.75. The van der Waals surface area contributed by atoms with E-state index in [9.17, 15) is 0 Å². The highest BCUT2D eigenvalue weighted by Gasteiger charge is 1.96. The highest BCUT2D eigenvalue weighted by molar-refractivity contribution is 6.31. The van der Waals surface area contributed by atoms with Crippen LogP contribution in [-0.2, 0) is 6.61 Å². The number of anilines is 1. The van der Waals surface area contributed by atoms with Crippen LogP contribution in [-0.4, -0.2) is 10.1 Å². The van der Waals surface area contributed by atoms with Crippen LogP contribution in [0.15, 0.2) is 12.3 Å². The van der Waals surface area contributed by atoms with Gasteiger partial charge in [-0.3, -0.25) is 0 Å². The number of nitrogen functional groups attached to an aromatic ring is 1. The quantitative estimate of drug-likeness (QED) is 0.595. The summed E-state index contributed by atoms with van der Waals surface area (Å²) in [5.41, 5.74) is 6.46. The summed E-state index contributed by atoms with van der Waals surface area (Å²) in [4.78, 5) is 3.73. The zero-order chi connectivity index (χ0) is 7.56. The standard InChI is InChI=1S/C6H7ClN2O/c7-6-5(8)1-4(3-10)2-9-6/h1-2,10H,3,8H2. The lowest BCUT2D eigenvalue weighted by molar-refractivity contribution is 0.281. The van der Waals surface area contributed by atoms with E-state index in [1.165, 1.54) is 6.20 Å². The van der Waals surface area contributed by atoms with E-state index in [2.05, 4.69) is 4.98 Å². The van der Waals surface area contributed by atoms with Crippen molar-refractivity contribution in [1.29, 1.82) is 0 Å². The fourth-order valence-corrected chi connectivity index (χ4v) is 0.700. The summed E-state index contributed by atoms with van der Waals surface area (Å²) in [6.07, 6.45) is 1.48. The molecule has 4 heteroatoms. The molecule has 0 fully saturated rings. The number of halogens is 1. The number of rotatable bonds is 1. The van der Waals surface area contributed by atoms with Gasteiger partial charge in [-0.15, -0.1) is 0 Å². The van der Waals surface area contributed by atoms with E-state index in [4.69, 9.17) is 22.4 Å². The average molecular weight is 159 g/mol. The molecule has 1 rings (SSSR count). The molecule has 0 radical (unpaired) electrons. The molecule has 54 valence electrons. The molecule has 0 atom stereocenters. The summed E-state index contributed by atoms with van der Waals surface area (Å²) in [5.74, 6) is 0. The van der Waals surface area contributed by atoms with E-state index >= 15 is 0 Å². The van der Waals surface area contributed by atoms with Gasteiger partial charge in [-0.2, -0.15) is 0 Å². The van der Waals surface area contributed by atoms with Crippen molar-refractivity contribution in [2.45, 2.75) is 6.61 Å². The SMILES string of the molecule is Nc1cc(CO)cnc1Cl. The van der Waals surface area contributed by atoms with E-state index in [0.717, 1.165) is 0 Å². The molecule has 0 unspecified atom stereocenters. The Morgan fingerprint density at radius 1 is 1.70 bits per heavy atom. The van der Waals surface area contributed by atoms with Crippen molar-refractivity contribution >= 4 is 17.3 Å². The van der Waals surface area contributed by atoms with Crippen LogP contribution in [0.5, 0.6) is 0 Å². The minimum Gasteiger partial charge on any atom is -0.396 e. The number of nitrogens with two attached hydrogens (primary N) is 1. The Labute approximate surface area is 63.5 Å². The monoisotopic (exact) mass is 158 g/mol. The van der Waals surface area contributed by atoms with Gasteiger partial charge in [0.15, 0.2) is 5.15 Å². The highest BCUT2D eigenvalue weighted by atomic mass is 35.5. The van der Waals surface area contributed by atoms with E-state index in [0.29, 0.717) is 11.3 Å². The number of hydrogen-bond donors (Lipinski definition) is 2. The number of aromatic nitrogens is 1. The van der Waals surface area contributed by atoms with E-state index in [1.807, 2.05) is 0 Å². The van der Waals surface area contributed by atoms with E-state index < -0.39 is 0 Å². The zero-order valence-electron chi connectivity index (χ0n) is 5.21. The van der Waals surface area contributed by atoms with Crippen LogP contribution in [0.2, 0.25) is 5.15 Å². The zero-order valence-corrected chi connectivity index (χ0v) is 5.97. The average Bonchev–Trinajstić information content (AvgIpc) is 1.95. The lowest BCUT2D eigenvalue weighted by atomic mass is 10.3. The van der Waals surface area contributed by atoms with Gasteiger partial charge in [-0.1, -0.05) is 11.6 Å². The van der Waals surface area contributed by atoms with E-state index in [-0.39, 0.29) is 11.8 Å². The second-order valence-corrected chi connectivity index (χ2v) is 2.24. The van der Waals surface area contributed by atoms with Gasteiger partial charge in [-0.25, -0.2) is 4.98 Å². The van der Waals surface area contributed by atoms with Gasteiger partial charge < -0.3 is 10.8 Å². The van der Waals surface area contributed by atoms with Gasteiger partial charge in [0.2, 0.25) is 0 Å². The van der Waals surface area contributed by atoms with Crippen LogP contribution in [0.25, 0.3) is 0 Å². The third-order valence-corrected chi connectivity index (χ3v) is 1.42. The predicted octanol–water partition coefficient (Wildman–Crippen LogP) is 0.810. The van der Waals surface area contributed by atoms with Crippen molar-refractivity contribution in [3.8, 4) is 0 Å². The Balaban J connectivity index is 3.04. The minimum absolute atomic E-state index is 0.0611. The second-order valence-electron chi connectivity index (χ2n) is 1.88. The predicted molar refractivity (Wildman–Crippen MR) is 39.6 cm³/mol. The number of pyridine rings is 1. The van der Waals surface area contributed by atoms with Gasteiger partial charge in [0.1, 0.15) is 0 Å². The molecule has 0 saturated carbocycles. The maximum Gasteiger partial charge on any atom is 0.151 e. The molecule has 0 bridgehead atoms. The topological polar surface area (TPSA) is 59.1 Å². The van der Waals surface area contributed by atoms with Crippen molar-refractivity contribution in [3.05, 3.63) is 23.0 Å².